The molecule has 3 nitrogen and oxygen atoms in total. The van der Waals surface area contributed by atoms with Crippen LogP contribution in [0.1, 0.15) is 18.5 Å². The quantitative estimate of drug-likeness (QED) is 0.785. The second-order valence-corrected chi connectivity index (χ2v) is 3.93. The molecule has 5 heteroatoms. The summed E-state index contributed by atoms with van der Waals surface area (Å²) in [7, 11) is 0. The van der Waals surface area contributed by atoms with E-state index in [1.165, 1.54) is 6.33 Å². The highest BCUT2D eigenvalue weighted by atomic mass is 35.5. The zero-order valence-corrected chi connectivity index (χ0v) is 8.60. The van der Waals surface area contributed by atoms with Gasteiger partial charge in [-0.15, -0.1) is 11.6 Å². The summed E-state index contributed by atoms with van der Waals surface area (Å²) in [6.07, 6.45) is 3.29. The molecule has 0 bridgehead atoms. The highest BCUT2D eigenvalue weighted by molar-refractivity contribution is 6.19. The summed E-state index contributed by atoms with van der Waals surface area (Å²) in [5, 5.41) is 3.03. The first kappa shape index (κ1) is 9.65. The number of hydrogen-bond acceptors (Lipinski definition) is 3. The molecular weight excluding hydrogens is 205 g/mol. The summed E-state index contributed by atoms with van der Waals surface area (Å²) in [6.45, 7) is 1.61. The van der Waals surface area contributed by atoms with Gasteiger partial charge in [-0.3, -0.25) is 0 Å². The minimum absolute atomic E-state index is 0.136. The molecule has 0 aromatic carbocycles. The lowest BCUT2D eigenvalue weighted by Gasteiger charge is -2.15. The maximum absolute atomic E-state index is 13.5. The lowest BCUT2D eigenvalue weighted by molar-refractivity contribution is 0.600. The molecule has 1 N–H and O–H groups in total. The first-order chi connectivity index (χ1) is 6.67. The van der Waals surface area contributed by atoms with Gasteiger partial charge in [-0.25, -0.2) is 14.4 Å². The van der Waals surface area contributed by atoms with Crippen molar-refractivity contribution in [3.05, 3.63) is 17.8 Å². The molecule has 1 aliphatic rings. The number of aryl methyl sites for hydroxylation is 1. The smallest absolute Gasteiger partial charge is 0.186 e. The fraction of sp³-hybridized carbons (Fsp3) is 0.556. The molecule has 76 valence electrons. The summed E-state index contributed by atoms with van der Waals surface area (Å²) in [4.78, 5) is 7.61. The van der Waals surface area contributed by atoms with Crippen molar-refractivity contribution in [3.63, 3.8) is 0 Å². The van der Waals surface area contributed by atoms with Gasteiger partial charge >= 0.3 is 0 Å². The SMILES string of the molecule is Cc1ncnc(NC2(CCl)CC2)c1F. The summed E-state index contributed by atoms with van der Waals surface area (Å²) in [5.41, 5.74) is 0.219. The minimum Gasteiger partial charge on any atom is -0.361 e. The van der Waals surface area contributed by atoms with Gasteiger partial charge < -0.3 is 5.32 Å². The summed E-state index contributed by atoms with van der Waals surface area (Å²) in [5.74, 6) is 0.356. The van der Waals surface area contributed by atoms with E-state index in [4.69, 9.17) is 11.6 Å². The van der Waals surface area contributed by atoms with E-state index in [0.717, 1.165) is 12.8 Å². The number of nitrogens with zero attached hydrogens (tertiary/aromatic N) is 2. The number of alkyl halides is 1. The van der Waals surface area contributed by atoms with Crippen LogP contribution in [-0.4, -0.2) is 21.4 Å². The molecule has 1 aromatic heterocycles. The Morgan fingerprint density at radius 1 is 1.57 bits per heavy atom. The molecule has 1 aromatic rings. The average Bonchev–Trinajstić information content (AvgIpc) is 2.94. The van der Waals surface area contributed by atoms with Crippen LogP contribution in [0.3, 0.4) is 0 Å². The Bertz CT molecular complexity index is 352. The summed E-state index contributed by atoms with van der Waals surface area (Å²) >= 11 is 5.77. The molecule has 0 radical (unpaired) electrons. The second-order valence-electron chi connectivity index (χ2n) is 3.66. The van der Waals surface area contributed by atoms with Crippen LogP contribution in [0, 0.1) is 12.7 Å². The number of hydrogen-bond donors (Lipinski definition) is 1. The highest BCUT2D eigenvalue weighted by Crippen LogP contribution is 2.39. The average molecular weight is 216 g/mol. The first-order valence-electron chi connectivity index (χ1n) is 4.48. The Hall–Kier alpha value is -0.900. The summed E-state index contributed by atoms with van der Waals surface area (Å²) in [6, 6.07) is 0. The topological polar surface area (TPSA) is 37.8 Å². The van der Waals surface area contributed by atoms with Crippen LogP contribution < -0.4 is 5.32 Å². The molecule has 0 amide bonds. The maximum atomic E-state index is 13.5. The molecular formula is C9H11ClFN3. The maximum Gasteiger partial charge on any atom is 0.186 e. The van der Waals surface area contributed by atoms with Crippen LogP contribution >= 0.6 is 11.6 Å². The molecule has 0 spiro atoms. The molecule has 14 heavy (non-hydrogen) atoms. The molecule has 1 heterocycles. The normalized spacial score (nSPS) is 17.9. The third-order valence-corrected chi connectivity index (χ3v) is 2.97. The van der Waals surface area contributed by atoms with Crippen molar-refractivity contribution < 1.29 is 4.39 Å². The Labute approximate surface area is 86.7 Å². The van der Waals surface area contributed by atoms with Gasteiger partial charge in [0.15, 0.2) is 11.6 Å². The van der Waals surface area contributed by atoms with Crippen molar-refractivity contribution >= 4 is 17.4 Å². The van der Waals surface area contributed by atoms with Crippen LogP contribution in [-0.2, 0) is 0 Å². The van der Waals surface area contributed by atoms with Gasteiger partial charge in [-0.1, -0.05) is 0 Å². The fourth-order valence-corrected chi connectivity index (χ4v) is 1.57. The van der Waals surface area contributed by atoms with E-state index < -0.39 is 0 Å². The molecule has 0 atom stereocenters. The highest BCUT2D eigenvalue weighted by Gasteiger charge is 2.42. The van der Waals surface area contributed by atoms with E-state index in [0.29, 0.717) is 11.6 Å². The van der Waals surface area contributed by atoms with E-state index >= 15 is 0 Å². The van der Waals surface area contributed by atoms with Crippen molar-refractivity contribution in [2.75, 3.05) is 11.2 Å². The van der Waals surface area contributed by atoms with E-state index in [1.54, 1.807) is 6.92 Å². The third-order valence-electron chi connectivity index (χ3n) is 2.46. The Balaban J connectivity index is 2.21. The Morgan fingerprint density at radius 3 is 2.86 bits per heavy atom. The number of nitrogens with one attached hydrogen (secondary N) is 1. The lowest BCUT2D eigenvalue weighted by atomic mass is 10.3. The van der Waals surface area contributed by atoms with Gasteiger partial charge in [0, 0.05) is 5.88 Å². The standard InChI is InChI=1S/C9H11ClFN3/c1-6-7(11)8(13-5-12-6)14-9(4-10)2-3-9/h5H,2-4H2,1H3,(H,12,13,14). The Kier molecular flexibility index (Phi) is 2.31. The fourth-order valence-electron chi connectivity index (χ4n) is 1.24. The van der Waals surface area contributed by atoms with E-state index in [1.807, 2.05) is 0 Å². The molecule has 1 aliphatic carbocycles. The van der Waals surface area contributed by atoms with Gasteiger partial charge in [0.2, 0.25) is 0 Å². The number of halogens is 2. The van der Waals surface area contributed by atoms with Crippen molar-refractivity contribution in [1.29, 1.82) is 0 Å². The zero-order chi connectivity index (χ0) is 10.2. The molecule has 0 unspecified atom stereocenters. The summed E-state index contributed by atoms with van der Waals surface area (Å²) < 4.78 is 13.5. The lowest BCUT2D eigenvalue weighted by Crippen LogP contribution is -2.24. The molecule has 2 rings (SSSR count). The van der Waals surface area contributed by atoms with Crippen molar-refractivity contribution in [3.8, 4) is 0 Å². The van der Waals surface area contributed by atoms with E-state index in [-0.39, 0.29) is 17.2 Å². The number of rotatable bonds is 3. The van der Waals surface area contributed by atoms with Crippen LogP contribution in [0.2, 0.25) is 0 Å². The van der Waals surface area contributed by atoms with Crippen LogP contribution in [0.4, 0.5) is 10.2 Å². The molecule has 0 aliphatic heterocycles. The van der Waals surface area contributed by atoms with Crippen molar-refractivity contribution in [1.82, 2.24) is 9.97 Å². The monoisotopic (exact) mass is 215 g/mol. The van der Waals surface area contributed by atoms with Crippen molar-refractivity contribution in [2.24, 2.45) is 0 Å². The third kappa shape index (κ3) is 1.66. The van der Waals surface area contributed by atoms with Gasteiger partial charge in [-0.05, 0) is 19.8 Å². The second kappa shape index (κ2) is 3.35. The number of anilines is 1. The van der Waals surface area contributed by atoms with Crippen LogP contribution in [0.25, 0.3) is 0 Å². The first-order valence-corrected chi connectivity index (χ1v) is 5.02. The predicted molar refractivity (Wildman–Crippen MR) is 53.0 cm³/mol. The van der Waals surface area contributed by atoms with Gasteiger partial charge in [-0.2, -0.15) is 0 Å². The largest absolute Gasteiger partial charge is 0.361 e. The molecule has 1 saturated carbocycles. The van der Waals surface area contributed by atoms with E-state index in [9.17, 15) is 4.39 Å². The number of aromatic nitrogens is 2. The zero-order valence-electron chi connectivity index (χ0n) is 7.85. The van der Waals surface area contributed by atoms with Crippen molar-refractivity contribution in [2.45, 2.75) is 25.3 Å². The van der Waals surface area contributed by atoms with Gasteiger partial charge in [0.1, 0.15) is 6.33 Å². The van der Waals surface area contributed by atoms with Crippen LogP contribution in [0.15, 0.2) is 6.33 Å². The van der Waals surface area contributed by atoms with Gasteiger partial charge in [0.05, 0.1) is 11.2 Å². The minimum atomic E-state index is -0.385. The van der Waals surface area contributed by atoms with Crippen LogP contribution in [0.5, 0.6) is 0 Å². The van der Waals surface area contributed by atoms with E-state index in [2.05, 4.69) is 15.3 Å². The Morgan fingerprint density at radius 2 is 2.29 bits per heavy atom. The molecule has 1 fully saturated rings. The predicted octanol–water partition coefficient (Wildman–Crippen LogP) is 2.11. The van der Waals surface area contributed by atoms with Gasteiger partial charge in [0.25, 0.3) is 0 Å². The molecule has 0 saturated heterocycles.